The Bertz CT molecular complexity index is 2090. The monoisotopic (exact) mass is 1320 g/mol. The minimum Gasteiger partial charge on any atom is -0.394 e. The SMILES string of the molecule is CC/C=C\C/C=C\C/C=C\C/C=C\C/C=C\C/C=C\C/C=C\C/C=C\CCCCCCCCCCCCC(=O)NC(COC1OC(CO)C(OC2OC(CO)C(O)C(O)C2O)C(O)C1O)C(O)/C=C/CC/C=C/CC/C=C/CCCCCCCCCCCCCCCCC. The van der Waals surface area contributed by atoms with Gasteiger partial charge < -0.3 is 65.1 Å². The second-order valence-corrected chi connectivity index (χ2v) is 25.7. The van der Waals surface area contributed by atoms with Crippen LogP contribution in [0.4, 0.5) is 0 Å². The predicted molar refractivity (Wildman–Crippen MR) is 387 cm³/mol. The molecule has 2 fully saturated rings. The first-order valence-corrected chi connectivity index (χ1v) is 37.4. The van der Waals surface area contributed by atoms with Crippen molar-refractivity contribution in [3.63, 3.8) is 0 Å². The molecule has 0 saturated carbocycles. The lowest BCUT2D eigenvalue weighted by atomic mass is 9.97. The van der Waals surface area contributed by atoms with Crippen LogP contribution >= 0.6 is 0 Å². The van der Waals surface area contributed by atoms with Gasteiger partial charge in [0.05, 0.1) is 32.0 Å². The molecule has 0 aromatic rings. The molecule has 12 atom stereocenters. The summed E-state index contributed by atoms with van der Waals surface area (Å²) in [7, 11) is 0. The lowest BCUT2D eigenvalue weighted by Crippen LogP contribution is -2.65. The van der Waals surface area contributed by atoms with Crippen molar-refractivity contribution in [3.05, 3.63) is 134 Å². The highest BCUT2D eigenvalue weighted by Gasteiger charge is 2.51. The zero-order valence-corrected chi connectivity index (χ0v) is 58.7. The molecule has 0 bridgehead atoms. The van der Waals surface area contributed by atoms with Crippen LogP contribution in [0.2, 0.25) is 0 Å². The number of ether oxygens (including phenoxy) is 4. The topological polar surface area (TPSA) is 228 Å². The molecular formula is C80H135NO13. The van der Waals surface area contributed by atoms with Crippen LogP contribution in [-0.2, 0) is 23.7 Å². The Balaban J connectivity index is 1.68. The molecule has 0 aliphatic carbocycles. The van der Waals surface area contributed by atoms with E-state index in [4.69, 9.17) is 18.9 Å². The minimum atomic E-state index is -1.80. The van der Waals surface area contributed by atoms with E-state index in [1.54, 1.807) is 6.08 Å². The number of aliphatic hydroxyl groups excluding tert-OH is 8. The Morgan fingerprint density at radius 2 is 0.745 bits per heavy atom. The molecule has 2 rings (SSSR count). The van der Waals surface area contributed by atoms with Crippen molar-refractivity contribution in [2.24, 2.45) is 0 Å². The number of carbonyl (C=O) groups excluding carboxylic acids is 1. The molecule has 2 saturated heterocycles. The van der Waals surface area contributed by atoms with Crippen molar-refractivity contribution in [2.45, 2.75) is 344 Å². The van der Waals surface area contributed by atoms with Crippen LogP contribution in [0.1, 0.15) is 271 Å². The normalized spacial score (nSPS) is 23.3. The molecule has 14 nitrogen and oxygen atoms in total. The predicted octanol–water partition coefficient (Wildman–Crippen LogP) is 16.2. The van der Waals surface area contributed by atoms with Gasteiger partial charge in [-0.25, -0.2) is 0 Å². The van der Waals surface area contributed by atoms with E-state index in [2.05, 4.69) is 141 Å². The van der Waals surface area contributed by atoms with Crippen molar-refractivity contribution in [2.75, 3.05) is 19.8 Å². The fourth-order valence-electron chi connectivity index (χ4n) is 11.4. The summed E-state index contributed by atoms with van der Waals surface area (Å²) >= 11 is 0. The van der Waals surface area contributed by atoms with Crippen molar-refractivity contribution >= 4 is 5.91 Å². The second-order valence-electron chi connectivity index (χ2n) is 25.7. The number of hydrogen-bond acceptors (Lipinski definition) is 13. The first-order chi connectivity index (χ1) is 46.1. The highest BCUT2D eigenvalue weighted by atomic mass is 16.7. The molecule has 0 spiro atoms. The van der Waals surface area contributed by atoms with Crippen LogP contribution in [0.5, 0.6) is 0 Å². The number of hydrogen-bond donors (Lipinski definition) is 9. The van der Waals surface area contributed by atoms with Gasteiger partial charge in [0, 0.05) is 6.42 Å². The van der Waals surface area contributed by atoms with Gasteiger partial charge in [-0.15, -0.1) is 0 Å². The lowest BCUT2D eigenvalue weighted by molar-refractivity contribution is -0.359. The van der Waals surface area contributed by atoms with Crippen LogP contribution in [0, 0.1) is 0 Å². The number of nitrogens with one attached hydrogen (secondary N) is 1. The molecule has 0 aromatic carbocycles. The van der Waals surface area contributed by atoms with Gasteiger partial charge in [-0.1, -0.05) is 289 Å². The van der Waals surface area contributed by atoms with Gasteiger partial charge in [0.2, 0.25) is 5.91 Å². The molecule has 1 amide bonds. The van der Waals surface area contributed by atoms with E-state index in [9.17, 15) is 45.6 Å². The number of aliphatic hydroxyl groups is 8. The Hall–Kier alpha value is -3.87. The van der Waals surface area contributed by atoms with Gasteiger partial charge in [0.25, 0.3) is 0 Å². The lowest BCUT2D eigenvalue weighted by Gasteiger charge is -2.46. The maximum Gasteiger partial charge on any atom is 0.220 e. The summed E-state index contributed by atoms with van der Waals surface area (Å²) in [5.74, 6) is -0.262. The molecule has 2 aliphatic rings. The zero-order valence-electron chi connectivity index (χ0n) is 58.7. The number of rotatable bonds is 60. The second kappa shape index (κ2) is 62.6. The Morgan fingerprint density at radius 3 is 1.17 bits per heavy atom. The molecule has 0 aromatic heterocycles. The van der Waals surface area contributed by atoms with Gasteiger partial charge in [0.1, 0.15) is 48.8 Å². The number of carbonyl (C=O) groups is 1. The van der Waals surface area contributed by atoms with Crippen molar-refractivity contribution in [1.29, 1.82) is 0 Å². The van der Waals surface area contributed by atoms with E-state index < -0.39 is 86.8 Å². The molecule has 14 heteroatoms. The molecular weight excluding hydrogens is 1180 g/mol. The Labute approximate surface area is 570 Å². The molecule has 12 unspecified atom stereocenters. The molecule has 94 heavy (non-hydrogen) atoms. The van der Waals surface area contributed by atoms with Crippen LogP contribution in [0.15, 0.2) is 134 Å². The molecule has 538 valence electrons. The van der Waals surface area contributed by atoms with Gasteiger partial charge in [0.15, 0.2) is 12.6 Å². The van der Waals surface area contributed by atoms with E-state index in [1.165, 1.54) is 135 Å². The third kappa shape index (κ3) is 45.6. The smallest absolute Gasteiger partial charge is 0.220 e. The largest absolute Gasteiger partial charge is 0.394 e. The third-order valence-electron chi connectivity index (χ3n) is 17.3. The molecule has 0 radical (unpaired) electrons. The maximum atomic E-state index is 13.4. The number of amides is 1. The standard InChI is InChI=1S/C80H135NO13/c1-3-5-7-9-11-13-15-17-19-21-23-25-27-29-30-31-32-33-34-35-36-37-38-40-42-44-46-48-50-52-54-56-58-60-62-64-72(85)81-68(67-91-79-77(90)75(88)78(71(66-83)93-79)94-80-76(89)74(87)73(86)70(65-82)92-80)69(84)63-61-59-57-55-53-51-49-47-45-43-41-39-28-26-24-22-20-18-16-14-12-10-8-6-4-2/h5,7,11,13,17,19,23,25,29-30,32-33,35-36,38,40,45,47,53,55,61,63,68-71,73-80,82-84,86-90H,3-4,6,8-10,12,14-16,18,20-22,24,26-28,31,34,37,39,41-44,46,48-52,54,56-60,62,64-67H2,1-2H3,(H,81,85)/b7-5-,13-11-,19-17-,25-23-,30-29-,33-32-,36-35-,40-38-,47-45+,55-53+,63-61+. The van der Waals surface area contributed by atoms with Crippen LogP contribution in [-0.4, -0.2) is 140 Å². The van der Waals surface area contributed by atoms with Crippen LogP contribution in [0.3, 0.4) is 0 Å². The van der Waals surface area contributed by atoms with Crippen LogP contribution < -0.4 is 5.32 Å². The fraction of sp³-hybridized carbons (Fsp3) is 0.713. The zero-order chi connectivity index (χ0) is 68.0. The number of allylic oxidation sites excluding steroid dienone is 21. The quantitative estimate of drug-likeness (QED) is 0.0204. The van der Waals surface area contributed by atoms with E-state index in [0.717, 1.165) is 103 Å². The highest BCUT2D eigenvalue weighted by molar-refractivity contribution is 5.76. The van der Waals surface area contributed by atoms with Crippen LogP contribution in [0.25, 0.3) is 0 Å². The minimum absolute atomic E-state index is 0.256. The van der Waals surface area contributed by atoms with E-state index in [0.29, 0.717) is 12.8 Å². The average molecular weight is 1320 g/mol. The fourth-order valence-corrected chi connectivity index (χ4v) is 11.4. The number of unbranched alkanes of at least 4 members (excludes halogenated alkanes) is 27. The van der Waals surface area contributed by atoms with Gasteiger partial charge in [-0.05, 0) is 109 Å². The molecule has 2 heterocycles. The van der Waals surface area contributed by atoms with Gasteiger partial charge in [-0.2, -0.15) is 0 Å². The first-order valence-electron chi connectivity index (χ1n) is 37.4. The summed E-state index contributed by atoms with van der Waals surface area (Å²) in [6, 6.07) is -0.952. The van der Waals surface area contributed by atoms with Crippen molar-refractivity contribution in [3.8, 4) is 0 Å². The summed E-state index contributed by atoms with van der Waals surface area (Å²) in [4.78, 5) is 13.4. The Morgan fingerprint density at radius 1 is 0.394 bits per heavy atom. The Kier molecular flexibility index (Phi) is 57.4. The summed E-state index contributed by atoms with van der Waals surface area (Å²) in [5, 5.41) is 87.5. The molecule has 9 N–H and O–H groups in total. The van der Waals surface area contributed by atoms with E-state index >= 15 is 0 Å². The maximum absolute atomic E-state index is 13.4. The van der Waals surface area contributed by atoms with Crippen molar-refractivity contribution in [1.82, 2.24) is 5.32 Å². The summed E-state index contributed by atoms with van der Waals surface area (Å²) in [5.41, 5.74) is 0. The summed E-state index contributed by atoms with van der Waals surface area (Å²) in [6.45, 7) is 2.67. The average Bonchev–Trinajstić information content (AvgIpc) is 0.794. The third-order valence-corrected chi connectivity index (χ3v) is 17.3. The molecule has 2 aliphatic heterocycles. The van der Waals surface area contributed by atoms with E-state index in [1.807, 2.05) is 6.08 Å². The highest BCUT2D eigenvalue weighted by Crippen LogP contribution is 2.30. The first kappa shape index (κ1) is 86.2. The van der Waals surface area contributed by atoms with E-state index in [-0.39, 0.29) is 18.9 Å². The van der Waals surface area contributed by atoms with Gasteiger partial charge >= 0.3 is 0 Å². The summed E-state index contributed by atoms with van der Waals surface area (Å²) in [6.07, 6.45) is 76.5. The summed E-state index contributed by atoms with van der Waals surface area (Å²) < 4.78 is 22.9. The van der Waals surface area contributed by atoms with Crippen molar-refractivity contribution < 1.29 is 64.6 Å². The van der Waals surface area contributed by atoms with Gasteiger partial charge in [-0.3, -0.25) is 4.79 Å².